The second kappa shape index (κ2) is 6.22. The van der Waals surface area contributed by atoms with E-state index < -0.39 is 0 Å². The summed E-state index contributed by atoms with van der Waals surface area (Å²) in [4.78, 5) is 15.6. The summed E-state index contributed by atoms with van der Waals surface area (Å²) in [6, 6.07) is 8.25. The van der Waals surface area contributed by atoms with E-state index in [1.807, 2.05) is 6.07 Å². The average Bonchev–Trinajstić information content (AvgIpc) is 2.95. The van der Waals surface area contributed by atoms with Crippen LogP contribution in [0.4, 0.5) is 10.3 Å². The summed E-state index contributed by atoms with van der Waals surface area (Å²) < 4.78 is 13.4. The molecular formula is C17H19FN4. The molecule has 0 atom stereocenters. The smallest absolute Gasteiger partial charge is 0.231 e. The molecule has 1 aliphatic rings. The number of amidine groups is 1. The summed E-state index contributed by atoms with van der Waals surface area (Å²) in [7, 11) is 0. The molecule has 1 aromatic carbocycles. The van der Waals surface area contributed by atoms with Gasteiger partial charge in [-0.3, -0.25) is 9.89 Å². The molecule has 2 heterocycles. The van der Waals surface area contributed by atoms with Crippen LogP contribution in [0.1, 0.15) is 20.3 Å². The fourth-order valence-corrected chi connectivity index (χ4v) is 2.54. The van der Waals surface area contributed by atoms with Gasteiger partial charge in [-0.15, -0.1) is 0 Å². The molecule has 0 bridgehead atoms. The third-order valence-electron chi connectivity index (χ3n) is 3.52. The number of nitrogens with zero attached hydrogens (tertiary/aromatic N) is 4. The molecule has 0 saturated carbocycles. The van der Waals surface area contributed by atoms with E-state index in [-0.39, 0.29) is 5.82 Å². The maximum atomic E-state index is 13.4. The van der Waals surface area contributed by atoms with Crippen LogP contribution < -0.4 is 4.90 Å². The maximum absolute atomic E-state index is 13.4. The van der Waals surface area contributed by atoms with Crippen LogP contribution in [0.15, 0.2) is 41.5 Å². The molecule has 2 aromatic rings. The molecule has 4 nitrogen and oxygen atoms in total. The van der Waals surface area contributed by atoms with Gasteiger partial charge in [-0.25, -0.2) is 14.4 Å². The van der Waals surface area contributed by atoms with Crippen molar-refractivity contribution in [3.63, 3.8) is 0 Å². The number of aromatic nitrogens is 2. The highest BCUT2D eigenvalue weighted by Gasteiger charge is 2.21. The Balaban J connectivity index is 1.90. The van der Waals surface area contributed by atoms with Gasteiger partial charge in [0.1, 0.15) is 11.7 Å². The second-order valence-electron chi connectivity index (χ2n) is 5.80. The van der Waals surface area contributed by atoms with Crippen molar-refractivity contribution in [2.45, 2.75) is 20.3 Å². The van der Waals surface area contributed by atoms with E-state index in [4.69, 9.17) is 0 Å². The third-order valence-corrected chi connectivity index (χ3v) is 3.52. The molecule has 0 fully saturated rings. The molecule has 0 spiro atoms. The topological polar surface area (TPSA) is 41.4 Å². The molecule has 1 aliphatic heterocycles. The van der Waals surface area contributed by atoms with Gasteiger partial charge in [-0.1, -0.05) is 26.0 Å². The lowest BCUT2D eigenvalue weighted by molar-refractivity contribution is 0.628. The minimum Gasteiger partial charge on any atom is -0.297 e. The first-order valence-electron chi connectivity index (χ1n) is 7.53. The van der Waals surface area contributed by atoms with E-state index in [0.29, 0.717) is 11.9 Å². The van der Waals surface area contributed by atoms with Crippen molar-refractivity contribution in [1.82, 2.24) is 9.97 Å². The molecule has 3 rings (SSSR count). The molecule has 0 saturated heterocycles. The molecule has 0 aliphatic carbocycles. The largest absolute Gasteiger partial charge is 0.297 e. The van der Waals surface area contributed by atoms with Crippen LogP contribution in [0.3, 0.4) is 0 Å². The van der Waals surface area contributed by atoms with Crippen LogP contribution in [-0.4, -0.2) is 28.9 Å². The zero-order valence-corrected chi connectivity index (χ0v) is 12.8. The van der Waals surface area contributed by atoms with Gasteiger partial charge >= 0.3 is 0 Å². The highest BCUT2D eigenvalue weighted by atomic mass is 19.1. The van der Waals surface area contributed by atoms with Gasteiger partial charge in [-0.2, -0.15) is 0 Å². The first-order valence-corrected chi connectivity index (χ1v) is 7.53. The number of aliphatic imine (C=N–C) groups is 1. The minimum absolute atomic E-state index is 0.263. The van der Waals surface area contributed by atoms with Gasteiger partial charge < -0.3 is 0 Å². The van der Waals surface area contributed by atoms with Crippen LogP contribution in [-0.2, 0) is 0 Å². The zero-order chi connectivity index (χ0) is 15.5. The third kappa shape index (κ3) is 3.13. The van der Waals surface area contributed by atoms with Crippen molar-refractivity contribution < 1.29 is 4.39 Å². The molecule has 0 amide bonds. The predicted octanol–water partition coefficient (Wildman–Crippen LogP) is 3.55. The van der Waals surface area contributed by atoms with Crippen molar-refractivity contribution in [3.05, 3.63) is 42.3 Å². The van der Waals surface area contributed by atoms with Gasteiger partial charge in [0, 0.05) is 24.7 Å². The number of hydrogen-bond acceptors (Lipinski definition) is 4. The summed E-state index contributed by atoms with van der Waals surface area (Å²) in [6.45, 7) is 5.91. The van der Waals surface area contributed by atoms with Crippen molar-refractivity contribution >= 4 is 11.8 Å². The summed E-state index contributed by atoms with van der Waals surface area (Å²) in [6.07, 6.45) is 2.63. The van der Waals surface area contributed by atoms with Crippen LogP contribution >= 0.6 is 0 Å². The molecule has 114 valence electrons. The van der Waals surface area contributed by atoms with E-state index in [9.17, 15) is 4.39 Å². The normalized spacial score (nSPS) is 14.5. The lowest BCUT2D eigenvalue weighted by atomic mass is 10.1. The molecule has 0 N–H and O–H groups in total. The Morgan fingerprint density at radius 1 is 1.27 bits per heavy atom. The maximum Gasteiger partial charge on any atom is 0.231 e. The number of anilines is 1. The number of benzene rings is 1. The van der Waals surface area contributed by atoms with E-state index in [0.717, 1.165) is 36.6 Å². The van der Waals surface area contributed by atoms with Crippen LogP contribution in [0.25, 0.3) is 11.3 Å². The summed E-state index contributed by atoms with van der Waals surface area (Å²) in [5.74, 6) is 1.94. The summed E-state index contributed by atoms with van der Waals surface area (Å²) in [5.41, 5.74) is 1.48. The lowest BCUT2D eigenvalue weighted by Crippen LogP contribution is -2.30. The van der Waals surface area contributed by atoms with Crippen molar-refractivity contribution in [1.29, 1.82) is 0 Å². The second-order valence-corrected chi connectivity index (χ2v) is 5.80. The van der Waals surface area contributed by atoms with Gasteiger partial charge in [0.2, 0.25) is 5.95 Å². The molecule has 5 heteroatoms. The lowest BCUT2D eigenvalue weighted by Gasteiger charge is -2.19. The van der Waals surface area contributed by atoms with Crippen molar-refractivity contribution in [2.24, 2.45) is 10.9 Å². The van der Waals surface area contributed by atoms with Crippen LogP contribution in [0, 0.1) is 11.7 Å². The van der Waals surface area contributed by atoms with Crippen molar-refractivity contribution in [3.8, 4) is 11.3 Å². The van der Waals surface area contributed by atoms with Gasteiger partial charge in [0.25, 0.3) is 0 Å². The summed E-state index contributed by atoms with van der Waals surface area (Å²) in [5, 5.41) is 0. The fourth-order valence-electron chi connectivity index (χ4n) is 2.54. The SMILES string of the molecule is CC(C)CC1=NCCN1c1nccc(-c2cccc(F)c2)n1. The molecular weight excluding hydrogens is 279 g/mol. The minimum atomic E-state index is -0.263. The highest BCUT2D eigenvalue weighted by Crippen LogP contribution is 2.22. The van der Waals surface area contributed by atoms with E-state index in [1.165, 1.54) is 12.1 Å². The fraction of sp³-hybridized carbons (Fsp3) is 0.353. The number of halogens is 1. The molecule has 0 unspecified atom stereocenters. The van der Waals surface area contributed by atoms with E-state index >= 15 is 0 Å². The van der Waals surface area contributed by atoms with Gasteiger partial charge in [0.15, 0.2) is 0 Å². The van der Waals surface area contributed by atoms with E-state index in [2.05, 4.69) is 33.7 Å². The molecule has 22 heavy (non-hydrogen) atoms. The molecule has 0 radical (unpaired) electrons. The monoisotopic (exact) mass is 298 g/mol. The van der Waals surface area contributed by atoms with Crippen LogP contribution in [0.5, 0.6) is 0 Å². The van der Waals surface area contributed by atoms with E-state index in [1.54, 1.807) is 18.3 Å². The Morgan fingerprint density at radius 2 is 2.14 bits per heavy atom. The van der Waals surface area contributed by atoms with Crippen molar-refractivity contribution in [2.75, 3.05) is 18.0 Å². The Bertz CT molecular complexity index is 697. The number of hydrogen-bond donors (Lipinski definition) is 0. The quantitative estimate of drug-likeness (QED) is 0.867. The zero-order valence-electron chi connectivity index (χ0n) is 12.8. The predicted molar refractivity (Wildman–Crippen MR) is 86.5 cm³/mol. The summed E-state index contributed by atoms with van der Waals surface area (Å²) >= 11 is 0. The van der Waals surface area contributed by atoms with Gasteiger partial charge in [0.05, 0.1) is 12.2 Å². The average molecular weight is 298 g/mol. The first kappa shape index (κ1) is 14.6. The first-order chi connectivity index (χ1) is 10.6. The number of rotatable bonds is 4. The Labute approximate surface area is 129 Å². The highest BCUT2D eigenvalue weighted by molar-refractivity contribution is 5.98. The standard InChI is InChI=1S/C17H19FN4/c1-12(2)10-16-19-8-9-22(16)17-20-7-6-15(21-17)13-4-3-5-14(18)11-13/h3-7,11-12H,8-10H2,1-2H3. The Hall–Kier alpha value is -2.30. The Morgan fingerprint density at radius 3 is 2.91 bits per heavy atom. The Kier molecular flexibility index (Phi) is 4.13. The van der Waals surface area contributed by atoms with Crippen LogP contribution in [0.2, 0.25) is 0 Å². The van der Waals surface area contributed by atoms with Gasteiger partial charge in [-0.05, 0) is 24.1 Å². The molecule has 1 aromatic heterocycles.